The largest absolute Gasteiger partial charge is 0.496 e. The van der Waals surface area contributed by atoms with Gasteiger partial charge in [-0.1, -0.05) is 19.1 Å². The van der Waals surface area contributed by atoms with Crippen molar-refractivity contribution in [3.05, 3.63) is 59.4 Å². The summed E-state index contributed by atoms with van der Waals surface area (Å²) in [6, 6.07) is 10.4. The van der Waals surface area contributed by atoms with E-state index in [-0.39, 0.29) is 23.3 Å². The van der Waals surface area contributed by atoms with Gasteiger partial charge in [-0.25, -0.2) is 4.39 Å². The van der Waals surface area contributed by atoms with Gasteiger partial charge in [0.15, 0.2) is 0 Å². The summed E-state index contributed by atoms with van der Waals surface area (Å²) in [4.78, 5) is 24.9. The molecule has 0 spiro atoms. The molecule has 2 amide bonds. The number of para-hydroxylation sites is 1. The molecular weight excluding hydrogens is 323 g/mol. The maximum absolute atomic E-state index is 13.5. The van der Waals surface area contributed by atoms with E-state index < -0.39 is 11.7 Å². The second-order valence-electron chi connectivity index (χ2n) is 5.63. The maximum atomic E-state index is 13.5. The van der Waals surface area contributed by atoms with Crippen LogP contribution >= 0.6 is 0 Å². The molecule has 0 saturated carbocycles. The molecule has 0 heterocycles. The number of carbonyl (C=O) groups excluding carboxylic acids is 2. The average Bonchev–Trinajstić information content (AvgIpc) is 2.61. The molecule has 6 heteroatoms. The molecule has 0 aliphatic heterocycles. The summed E-state index contributed by atoms with van der Waals surface area (Å²) >= 11 is 0. The van der Waals surface area contributed by atoms with E-state index in [0.29, 0.717) is 11.3 Å². The fraction of sp³-hybridized carbons (Fsp3) is 0.263. The Morgan fingerprint density at radius 3 is 2.52 bits per heavy atom. The molecule has 2 aromatic rings. The Hall–Kier alpha value is -2.89. The molecule has 132 valence electrons. The molecule has 0 aliphatic rings. The lowest BCUT2D eigenvalue weighted by molar-refractivity contribution is 0.0940. The average molecular weight is 344 g/mol. The van der Waals surface area contributed by atoms with E-state index in [4.69, 9.17) is 4.74 Å². The third-order valence-corrected chi connectivity index (χ3v) is 3.82. The summed E-state index contributed by atoms with van der Waals surface area (Å²) in [5.41, 5.74) is 0.741. The maximum Gasteiger partial charge on any atom is 0.259 e. The second-order valence-corrected chi connectivity index (χ2v) is 5.63. The first kappa shape index (κ1) is 18.4. The van der Waals surface area contributed by atoms with Crippen LogP contribution in [0.4, 0.5) is 10.1 Å². The van der Waals surface area contributed by atoms with Crippen LogP contribution in [0, 0.1) is 5.82 Å². The number of benzene rings is 2. The number of methoxy groups -OCH3 is 1. The Bertz CT molecular complexity index is 777. The molecule has 1 atom stereocenters. The third kappa shape index (κ3) is 4.56. The summed E-state index contributed by atoms with van der Waals surface area (Å²) in [5, 5.41) is 5.51. The van der Waals surface area contributed by atoms with Crippen LogP contribution in [0.1, 0.15) is 41.0 Å². The van der Waals surface area contributed by atoms with Crippen LogP contribution in [0.5, 0.6) is 5.75 Å². The molecule has 0 saturated heterocycles. The zero-order valence-electron chi connectivity index (χ0n) is 14.4. The zero-order chi connectivity index (χ0) is 18.4. The Morgan fingerprint density at radius 2 is 1.84 bits per heavy atom. The highest BCUT2D eigenvalue weighted by atomic mass is 19.1. The van der Waals surface area contributed by atoms with E-state index in [1.807, 2.05) is 13.8 Å². The van der Waals surface area contributed by atoms with Crippen molar-refractivity contribution in [2.45, 2.75) is 26.3 Å². The third-order valence-electron chi connectivity index (χ3n) is 3.82. The van der Waals surface area contributed by atoms with Gasteiger partial charge in [-0.3, -0.25) is 9.59 Å². The van der Waals surface area contributed by atoms with Gasteiger partial charge in [0.1, 0.15) is 11.6 Å². The highest BCUT2D eigenvalue weighted by Gasteiger charge is 2.18. The summed E-state index contributed by atoms with van der Waals surface area (Å²) < 4.78 is 18.6. The van der Waals surface area contributed by atoms with E-state index in [1.54, 1.807) is 24.3 Å². The number of hydrogen-bond acceptors (Lipinski definition) is 3. The lowest BCUT2D eigenvalue weighted by atomic mass is 10.1. The molecule has 0 radical (unpaired) electrons. The molecule has 2 rings (SSSR count). The van der Waals surface area contributed by atoms with Crippen molar-refractivity contribution in [3.63, 3.8) is 0 Å². The predicted molar refractivity (Wildman–Crippen MR) is 94.6 cm³/mol. The number of hydrogen-bond donors (Lipinski definition) is 2. The first-order valence-electron chi connectivity index (χ1n) is 8.01. The number of anilines is 1. The number of rotatable bonds is 6. The fourth-order valence-electron chi connectivity index (χ4n) is 2.24. The van der Waals surface area contributed by atoms with Crippen molar-refractivity contribution < 1.29 is 18.7 Å². The number of halogens is 1. The lowest BCUT2D eigenvalue weighted by Gasteiger charge is -2.15. The van der Waals surface area contributed by atoms with Crippen LogP contribution in [0.2, 0.25) is 0 Å². The number of amides is 2. The Balaban J connectivity index is 2.28. The Morgan fingerprint density at radius 1 is 1.12 bits per heavy atom. The van der Waals surface area contributed by atoms with Crippen molar-refractivity contribution in [3.8, 4) is 5.75 Å². The van der Waals surface area contributed by atoms with E-state index in [0.717, 1.165) is 12.5 Å². The SMILES string of the molecule is CC[C@@H](C)NC(=O)c1ccccc1NC(=O)c1cc(F)ccc1OC. The molecule has 0 aromatic heterocycles. The molecule has 0 aliphatic carbocycles. The van der Waals surface area contributed by atoms with Gasteiger partial charge in [0.2, 0.25) is 0 Å². The molecule has 0 fully saturated rings. The van der Waals surface area contributed by atoms with Crippen LogP contribution in [0.15, 0.2) is 42.5 Å². The molecule has 5 nitrogen and oxygen atoms in total. The first-order valence-corrected chi connectivity index (χ1v) is 8.01. The Kier molecular flexibility index (Phi) is 6.11. The van der Waals surface area contributed by atoms with Crippen molar-refractivity contribution >= 4 is 17.5 Å². The van der Waals surface area contributed by atoms with Crippen molar-refractivity contribution in [1.29, 1.82) is 0 Å². The van der Waals surface area contributed by atoms with Gasteiger partial charge in [0.05, 0.1) is 23.9 Å². The molecular formula is C19H21FN2O3. The smallest absolute Gasteiger partial charge is 0.259 e. The van der Waals surface area contributed by atoms with Gasteiger partial charge in [-0.2, -0.15) is 0 Å². The molecule has 25 heavy (non-hydrogen) atoms. The fourth-order valence-corrected chi connectivity index (χ4v) is 2.24. The van der Waals surface area contributed by atoms with Crippen LogP contribution in [-0.4, -0.2) is 25.0 Å². The lowest BCUT2D eigenvalue weighted by Crippen LogP contribution is -2.32. The Labute approximate surface area is 146 Å². The van der Waals surface area contributed by atoms with Gasteiger partial charge < -0.3 is 15.4 Å². The predicted octanol–water partition coefficient (Wildman–Crippen LogP) is 3.61. The normalized spacial score (nSPS) is 11.5. The van der Waals surface area contributed by atoms with Gasteiger partial charge in [-0.05, 0) is 43.7 Å². The quantitative estimate of drug-likeness (QED) is 0.841. The minimum atomic E-state index is -0.555. The second kappa shape index (κ2) is 8.28. The molecule has 2 N–H and O–H groups in total. The van der Waals surface area contributed by atoms with Crippen LogP contribution in [-0.2, 0) is 0 Å². The molecule has 0 unspecified atom stereocenters. The van der Waals surface area contributed by atoms with Gasteiger partial charge in [0.25, 0.3) is 11.8 Å². The van der Waals surface area contributed by atoms with E-state index in [1.165, 1.54) is 19.2 Å². The van der Waals surface area contributed by atoms with Crippen molar-refractivity contribution in [1.82, 2.24) is 5.32 Å². The van der Waals surface area contributed by atoms with Crippen molar-refractivity contribution in [2.24, 2.45) is 0 Å². The van der Waals surface area contributed by atoms with Gasteiger partial charge in [0, 0.05) is 6.04 Å². The number of ether oxygens (including phenoxy) is 1. The molecule has 0 bridgehead atoms. The van der Waals surface area contributed by atoms with Gasteiger partial charge in [-0.15, -0.1) is 0 Å². The van der Waals surface area contributed by atoms with Crippen LogP contribution in [0.3, 0.4) is 0 Å². The number of nitrogens with one attached hydrogen (secondary N) is 2. The zero-order valence-corrected chi connectivity index (χ0v) is 14.4. The molecule has 2 aromatic carbocycles. The highest BCUT2D eigenvalue weighted by Crippen LogP contribution is 2.22. The van der Waals surface area contributed by atoms with Crippen molar-refractivity contribution in [2.75, 3.05) is 12.4 Å². The summed E-state index contributed by atoms with van der Waals surface area (Å²) in [5.74, 6) is -1.13. The highest BCUT2D eigenvalue weighted by molar-refractivity contribution is 6.10. The minimum Gasteiger partial charge on any atom is -0.496 e. The van der Waals surface area contributed by atoms with Gasteiger partial charge >= 0.3 is 0 Å². The van der Waals surface area contributed by atoms with E-state index in [9.17, 15) is 14.0 Å². The topological polar surface area (TPSA) is 67.4 Å². The summed E-state index contributed by atoms with van der Waals surface area (Å²) in [7, 11) is 1.40. The first-order chi connectivity index (χ1) is 12.0. The van der Waals surface area contributed by atoms with Crippen LogP contribution in [0.25, 0.3) is 0 Å². The van der Waals surface area contributed by atoms with E-state index in [2.05, 4.69) is 10.6 Å². The number of carbonyl (C=O) groups is 2. The van der Waals surface area contributed by atoms with Crippen LogP contribution < -0.4 is 15.4 Å². The summed E-state index contributed by atoms with van der Waals surface area (Å²) in [6.45, 7) is 3.87. The summed E-state index contributed by atoms with van der Waals surface area (Å²) in [6.07, 6.45) is 0.792. The monoisotopic (exact) mass is 344 g/mol. The standard InChI is InChI=1S/C19H21FN2O3/c1-4-12(2)21-18(23)14-7-5-6-8-16(14)22-19(24)15-11-13(20)9-10-17(15)25-3/h5-12H,4H2,1-3H3,(H,21,23)(H,22,24)/t12-/m1/s1. The minimum absolute atomic E-state index is 0.0135. The van der Waals surface area contributed by atoms with E-state index >= 15 is 0 Å².